The van der Waals surface area contributed by atoms with Crippen LogP contribution in [0.1, 0.15) is 29.8 Å². The quantitative estimate of drug-likeness (QED) is 0.647. The fourth-order valence-electron chi connectivity index (χ4n) is 3.16. The molecule has 2 rings (SSSR count). The molecule has 7 heteroatoms. The van der Waals surface area contributed by atoms with E-state index in [1.807, 2.05) is 44.0 Å². The van der Waals surface area contributed by atoms with Crippen LogP contribution >= 0.6 is 0 Å². The lowest BCUT2D eigenvalue weighted by Gasteiger charge is -2.19. The molecule has 7 nitrogen and oxygen atoms in total. The Kier molecular flexibility index (Phi) is 8.68. The van der Waals surface area contributed by atoms with Gasteiger partial charge in [0, 0.05) is 42.5 Å². The number of hydrogen-bond donors (Lipinski definition) is 1. The number of nitrogens with one attached hydrogen (secondary N) is 1. The van der Waals surface area contributed by atoms with E-state index in [-0.39, 0.29) is 18.4 Å². The summed E-state index contributed by atoms with van der Waals surface area (Å²) in [4.78, 5) is 28.4. The zero-order valence-electron chi connectivity index (χ0n) is 18.4. The van der Waals surface area contributed by atoms with Gasteiger partial charge in [-0.1, -0.05) is 6.07 Å². The molecule has 2 aromatic rings. The minimum Gasteiger partial charge on any atom is -0.497 e. The van der Waals surface area contributed by atoms with Gasteiger partial charge in [-0.05, 0) is 51.2 Å². The molecule has 1 N–H and O–H groups in total. The fourth-order valence-corrected chi connectivity index (χ4v) is 3.16. The van der Waals surface area contributed by atoms with Gasteiger partial charge in [-0.25, -0.2) is 0 Å². The fraction of sp³-hybridized carbons (Fsp3) is 0.391. The molecule has 0 saturated heterocycles. The summed E-state index contributed by atoms with van der Waals surface area (Å²) in [6.45, 7) is 6.01. The van der Waals surface area contributed by atoms with E-state index in [0.29, 0.717) is 30.9 Å². The Labute approximate surface area is 178 Å². The Bertz CT molecular complexity index is 848. The predicted octanol–water partition coefficient (Wildman–Crippen LogP) is 3.26. The average molecular weight is 414 g/mol. The molecule has 0 aliphatic rings. The van der Waals surface area contributed by atoms with Crippen molar-refractivity contribution in [2.75, 3.05) is 46.2 Å². The highest BCUT2D eigenvalue weighted by atomic mass is 16.5. The summed E-state index contributed by atoms with van der Waals surface area (Å²) >= 11 is 0. The smallest absolute Gasteiger partial charge is 0.253 e. The van der Waals surface area contributed by atoms with Crippen molar-refractivity contribution < 1.29 is 19.1 Å². The van der Waals surface area contributed by atoms with Gasteiger partial charge in [0.25, 0.3) is 5.91 Å². The van der Waals surface area contributed by atoms with Gasteiger partial charge in [-0.15, -0.1) is 0 Å². The molecule has 162 valence electrons. The summed E-state index contributed by atoms with van der Waals surface area (Å²) in [7, 11) is 5.09. The third-order valence-electron chi connectivity index (χ3n) is 4.81. The molecule has 0 fully saturated rings. The third kappa shape index (κ3) is 6.22. The number of hydrogen-bond acceptors (Lipinski definition) is 5. The highest BCUT2D eigenvalue weighted by Gasteiger charge is 2.14. The second-order valence-corrected chi connectivity index (χ2v) is 6.95. The molecule has 0 radical (unpaired) electrons. The lowest BCUT2D eigenvalue weighted by molar-refractivity contribution is -0.117. The van der Waals surface area contributed by atoms with Gasteiger partial charge in [0.2, 0.25) is 5.91 Å². The molecule has 0 aromatic heterocycles. The van der Waals surface area contributed by atoms with Gasteiger partial charge in [0.15, 0.2) is 0 Å². The first-order valence-corrected chi connectivity index (χ1v) is 10.00. The summed E-state index contributed by atoms with van der Waals surface area (Å²) in [5, 5.41) is 2.87. The highest BCUT2D eigenvalue weighted by molar-refractivity contribution is 5.96. The Morgan fingerprint density at radius 3 is 2.20 bits per heavy atom. The van der Waals surface area contributed by atoms with Crippen LogP contribution in [0.5, 0.6) is 11.5 Å². The van der Waals surface area contributed by atoms with Gasteiger partial charge in [-0.3, -0.25) is 14.5 Å². The number of carbonyl (C=O) groups excluding carboxylic acids is 2. The van der Waals surface area contributed by atoms with Gasteiger partial charge < -0.3 is 19.7 Å². The molecule has 0 aliphatic carbocycles. The highest BCUT2D eigenvalue weighted by Crippen LogP contribution is 2.25. The van der Waals surface area contributed by atoms with Crippen molar-refractivity contribution in [3.63, 3.8) is 0 Å². The molecule has 0 atom stereocenters. The van der Waals surface area contributed by atoms with Crippen LogP contribution in [0.25, 0.3) is 0 Å². The van der Waals surface area contributed by atoms with Crippen LogP contribution in [0, 0.1) is 0 Å². The molecule has 0 saturated carbocycles. The molecule has 0 spiro atoms. The van der Waals surface area contributed by atoms with Gasteiger partial charge in [0.05, 0.1) is 20.8 Å². The number of amides is 2. The standard InChI is InChI=1S/C23H31N3O4/c1-6-26(7-2)23(28)17-8-11-19(12-9-17)24-22(27)16-25(3)15-18-10-13-20(29-4)14-21(18)30-5/h8-14H,6-7,15-16H2,1-5H3,(H,24,27). The number of likely N-dealkylation sites (N-methyl/N-ethyl adjacent to an activating group) is 1. The number of carbonyl (C=O) groups is 2. The maximum Gasteiger partial charge on any atom is 0.253 e. The number of anilines is 1. The number of benzene rings is 2. The lowest BCUT2D eigenvalue weighted by atomic mass is 10.1. The van der Waals surface area contributed by atoms with Crippen LogP contribution in [-0.4, -0.2) is 62.5 Å². The first-order chi connectivity index (χ1) is 14.4. The zero-order valence-corrected chi connectivity index (χ0v) is 18.4. The van der Waals surface area contributed by atoms with Crippen LogP contribution in [0.3, 0.4) is 0 Å². The number of methoxy groups -OCH3 is 2. The van der Waals surface area contributed by atoms with Crippen molar-refractivity contribution in [1.82, 2.24) is 9.80 Å². The van der Waals surface area contributed by atoms with Crippen LogP contribution < -0.4 is 14.8 Å². The van der Waals surface area contributed by atoms with E-state index in [9.17, 15) is 9.59 Å². The molecule has 2 amide bonds. The summed E-state index contributed by atoms with van der Waals surface area (Å²) in [5.41, 5.74) is 2.24. The van der Waals surface area contributed by atoms with E-state index < -0.39 is 0 Å². The van der Waals surface area contributed by atoms with Crippen molar-refractivity contribution in [2.24, 2.45) is 0 Å². The van der Waals surface area contributed by atoms with Crippen LogP contribution in [0.2, 0.25) is 0 Å². The number of ether oxygens (including phenoxy) is 2. The van der Waals surface area contributed by atoms with E-state index in [0.717, 1.165) is 17.1 Å². The zero-order chi connectivity index (χ0) is 22.1. The van der Waals surface area contributed by atoms with Crippen molar-refractivity contribution >= 4 is 17.5 Å². The van der Waals surface area contributed by atoms with Crippen LogP contribution in [0.4, 0.5) is 5.69 Å². The SMILES string of the molecule is CCN(CC)C(=O)c1ccc(NC(=O)CN(C)Cc2ccc(OC)cc2OC)cc1. The molecular weight excluding hydrogens is 382 g/mol. The van der Waals surface area contributed by atoms with Gasteiger partial charge >= 0.3 is 0 Å². The van der Waals surface area contributed by atoms with Gasteiger partial charge in [-0.2, -0.15) is 0 Å². The first-order valence-electron chi connectivity index (χ1n) is 10.00. The van der Waals surface area contributed by atoms with E-state index >= 15 is 0 Å². The normalized spacial score (nSPS) is 10.6. The third-order valence-corrected chi connectivity index (χ3v) is 4.81. The lowest BCUT2D eigenvalue weighted by Crippen LogP contribution is -2.30. The molecule has 0 bridgehead atoms. The van der Waals surface area contributed by atoms with Crippen molar-refractivity contribution in [3.8, 4) is 11.5 Å². The minimum absolute atomic E-state index is 0.00829. The van der Waals surface area contributed by atoms with Crippen LogP contribution in [0.15, 0.2) is 42.5 Å². The number of rotatable bonds is 10. The first kappa shape index (κ1) is 23.2. The largest absolute Gasteiger partial charge is 0.497 e. The molecule has 0 unspecified atom stereocenters. The maximum absolute atomic E-state index is 12.4. The Morgan fingerprint density at radius 2 is 1.63 bits per heavy atom. The molecular formula is C23H31N3O4. The topological polar surface area (TPSA) is 71.1 Å². The minimum atomic E-state index is -0.132. The molecule has 30 heavy (non-hydrogen) atoms. The Balaban J connectivity index is 1.93. The van der Waals surface area contributed by atoms with E-state index in [4.69, 9.17) is 9.47 Å². The summed E-state index contributed by atoms with van der Waals surface area (Å²) in [5.74, 6) is 1.30. The second-order valence-electron chi connectivity index (χ2n) is 6.95. The molecule has 2 aromatic carbocycles. The predicted molar refractivity (Wildman–Crippen MR) is 118 cm³/mol. The van der Waals surface area contributed by atoms with Crippen molar-refractivity contribution in [2.45, 2.75) is 20.4 Å². The average Bonchev–Trinajstić information content (AvgIpc) is 2.75. The Hall–Kier alpha value is -3.06. The monoisotopic (exact) mass is 413 g/mol. The molecule has 0 heterocycles. The summed E-state index contributed by atoms with van der Waals surface area (Å²) < 4.78 is 10.6. The van der Waals surface area contributed by atoms with Gasteiger partial charge in [0.1, 0.15) is 11.5 Å². The van der Waals surface area contributed by atoms with E-state index in [1.165, 1.54) is 0 Å². The van der Waals surface area contributed by atoms with Crippen LogP contribution in [-0.2, 0) is 11.3 Å². The van der Waals surface area contributed by atoms with E-state index in [1.54, 1.807) is 43.4 Å². The number of nitrogens with zero attached hydrogens (tertiary/aromatic N) is 2. The summed E-state index contributed by atoms with van der Waals surface area (Å²) in [6.07, 6.45) is 0. The maximum atomic E-state index is 12.4. The van der Waals surface area contributed by atoms with E-state index in [2.05, 4.69) is 5.32 Å². The molecule has 0 aliphatic heterocycles. The Morgan fingerprint density at radius 1 is 0.967 bits per heavy atom. The summed E-state index contributed by atoms with van der Waals surface area (Å²) in [6, 6.07) is 12.6. The van der Waals surface area contributed by atoms with Crippen molar-refractivity contribution in [1.29, 1.82) is 0 Å². The van der Waals surface area contributed by atoms with Crippen molar-refractivity contribution in [3.05, 3.63) is 53.6 Å². The second kappa shape index (κ2) is 11.2.